The molecule has 98 heavy (non-hydrogen) atoms. The van der Waals surface area contributed by atoms with Crippen LogP contribution in [0.5, 0.6) is 0 Å². The molecule has 0 aromatic carbocycles. The number of likely N-dealkylation sites (N-methyl/N-ethyl adjacent to an activating group) is 7. The van der Waals surface area contributed by atoms with Crippen LogP contribution in [0.2, 0.25) is 0 Å². The molecule has 8 fully saturated rings. The molecule has 3 aliphatic heterocycles. The molecule has 11 atom stereocenters. The molecule has 0 aromatic rings. The van der Waals surface area contributed by atoms with Gasteiger partial charge < -0.3 is 55.1 Å². The molecule has 0 bridgehead atoms. The largest absolute Gasteiger partial charge is 0.393 e. The van der Waals surface area contributed by atoms with Crippen molar-refractivity contribution >= 4 is 76.6 Å². The first-order chi connectivity index (χ1) is 46.4. The fraction of sp³-hybridized carbons (Fsp3) is 0.845. The Morgan fingerprint density at radius 1 is 0.602 bits per heavy atom. The number of nitrogens with one attached hydrogen (secondary N) is 3. The van der Waals surface area contributed by atoms with Gasteiger partial charge in [0.2, 0.25) is 65.0 Å². The van der Waals surface area contributed by atoms with Gasteiger partial charge in [-0.05, 0) is 139 Å². The van der Waals surface area contributed by atoms with Gasteiger partial charge in [0.15, 0.2) is 0 Å². The zero-order valence-corrected chi connectivity index (χ0v) is 60.6. The minimum absolute atomic E-state index is 0.00942. The van der Waals surface area contributed by atoms with Gasteiger partial charge in [-0.2, -0.15) is 13.2 Å². The lowest BCUT2D eigenvalue weighted by atomic mass is 9.78. The minimum Gasteiger partial charge on any atom is -0.343 e. The van der Waals surface area contributed by atoms with Crippen LogP contribution in [0, 0.1) is 35.5 Å². The van der Waals surface area contributed by atoms with Crippen molar-refractivity contribution in [1.29, 1.82) is 0 Å². The van der Waals surface area contributed by atoms with Crippen molar-refractivity contribution in [3.8, 4) is 0 Å². The van der Waals surface area contributed by atoms with Crippen LogP contribution in [0.3, 0.4) is 0 Å². The quantitative estimate of drug-likeness (QED) is 0.215. The number of likely N-dealkylation sites (tertiary alicyclic amines) is 1. The lowest BCUT2D eigenvalue weighted by molar-refractivity contribution is -0.182. The van der Waals surface area contributed by atoms with Gasteiger partial charge in [0.05, 0.1) is 38.0 Å². The molecule has 11 amide bonds. The van der Waals surface area contributed by atoms with Crippen LogP contribution < -0.4 is 16.0 Å². The number of carbonyl (C=O) groups excluding carboxylic acids is 11. The van der Waals surface area contributed by atoms with Gasteiger partial charge in [-0.1, -0.05) is 84.5 Å². The molecule has 3 saturated heterocycles. The molecule has 3 unspecified atom stereocenters. The van der Waals surface area contributed by atoms with Crippen molar-refractivity contribution in [2.24, 2.45) is 35.5 Å². The average Bonchev–Trinajstić information content (AvgIpc) is 1.49. The molecule has 3 N–H and O–H groups in total. The Balaban J connectivity index is 1.14. The zero-order chi connectivity index (χ0) is 71.5. The highest BCUT2D eigenvalue weighted by Crippen LogP contribution is 2.44. The molecular formula is C71H114ClF3N12O11. The smallest absolute Gasteiger partial charge is 0.343 e. The predicted molar refractivity (Wildman–Crippen MR) is 363 cm³/mol. The lowest BCUT2D eigenvalue weighted by Crippen LogP contribution is -2.64. The number of alkyl halides is 4. The molecule has 0 radical (unpaired) electrons. The highest BCUT2D eigenvalue weighted by molar-refractivity contribution is 6.20. The summed E-state index contributed by atoms with van der Waals surface area (Å²) in [5, 5.41) is 7.87. The van der Waals surface area contributed by atoms with Gasteiger partial charge in [0.25, 0.3) is 0 Å². The molecule has 1 spiro atoms. The van der Waals surface area contributed by atoms with Crippen molar-refractivity contribution in [2.75, 3.05) is 95.1 Å². The maximum Gasteiger partial charge on any atom is 0.393 e. The van der Waals surface area contributed by atoms with Crippen LogP contribution in [-0.2, 0) is 52.7 Å². The number of carbonyl (C=O) groups is 11. The number of rotatable bonds is 10. The summed E-state index contributed by atoms with van der Waals surface area (Å²) in [6.45, 7) is 3.51. The monoisotopic (exact) mass is 1400 g/mol. The first-order valence-electron chi connectivity index (χ1n) is 36.9. The molecule has 552 valence electrons. The Labute approximate surface area is 583 Å². The second-order valence-electron chi connectivity index (χ2n) is 30.6. The third-order valence-electron chi connectivity index (χ3n) is 23.9. The van der Waals surface area contributed by atoms with Crippen molar-refractivity contribution < 1.29 is 65.9 Å². The van der Waals surface area contributed by atoms with E-state index in [0.717, 1.165) is 81.9 Å². The van der Waals surface area contributed by atoms with E-state index in [-0.39, 0.29) is 99.9 Å². The van der Waals surface area contributed by atoms with Crippen molar-refractivity contribution in [3.05, 3.63) is 0 Å². The van der Waals surface area contributed by atoms with Crippen molar-refractivity contribution in [3.63, 3.8) is 0 Å². The Kier molecular flexibility index (Phi) is 27.6. The summed E-state index contributed by atoms with van der Waals surface area (Å²) in [4.78, 5) is 177. The first-order valence-corrected chi connectivity index (χ1v) is 37.3. The second-order valence-corrected chi connectivity index (χ2v) is 31.2. The Hall–Kier alpha value is -5.79. The van der Waals surface area contributed by atoms with Gasteiger partial charge in [-0.15, -0.1) is 11.6 Å². The van der Waals surface area contributed by atoms with E-state index < -0.39 is 144 Å². The van der Waals surface area contributed by atoms with E-state index in [9.17, 15) is 46.7 Å². The third-order valence-corrected chi connectivity index (χ3v) is 24.4. The normalized spacial score (nSPS) is 31.2. The van der Waals surface area contributed by atoms with Crippen LogP contribution >= 0.6 is 11.6 Å². The van der Waals surface area contributed by atoms with E-state index in [2.05, 4.69) is 16.0 Å². The van der Waals surface area contributed by atoms with Gasteiger partial charge in [-0.3, -0.25) is 57.6 Å². The Morgan fingerprint density at radius 3 is 1.84 bits per heavy atom. The van der Waals surface area contributed by atoms with Gasteiger partial charge in [-0.25, -0.2) is 0 Å². The maximum atomic E-state index is 15.7. The van der Waals surface area contributed by atoms with Gasteiger partial charge in [0.1, 0.15) is 35.7 Å². The summed E-state index contributed by atoms with van der Waals surface area (Å²) in [6, 6.07) is -7.04. The van der Waals surface area contributed by atoms with E-state index in [1.54, 1.807) is 30.9 Å². The lowest BCUT2D eigenvalue weighted by Gasteiger charge is -2.44. The minimum atomic E-state index is -4.49. The van der Waals surface area contributed by atoms with E-state index in [1.807, 2.05) is 18.7 Å². The van der Waals surface area contributed by atoms with Crippen LogP contribution in [0.1, 0.15) is 194 Å². The summed E-state index contributed by atoms with van der Waals surface area (Å²) in [7, 11) is 10.8. The van der Waals surface area contributed by atoms with Crippen LogP contribution in [0.25, 0.3) is 0 Å². The number of halogens is 4. The van der Waals surface area contributed by atoms with Crippen LogP contribution in [0.15, 0.2) is 0 Å². The Morgan fingerprint density at radius 2 is 1.22 bits per heavy atom. The maximum absolute atomic E-state index is 15.7. The number of hydrogen-bond donors (Lipinski definition) is 3. The fourth-order valence-corrected chi connectivity index (χ4v) is 17.6. The number of hydrogen-bond acceptors (Lipinski definition) is 12. The van der Waals surface area contributed by atoms with Crippen molar-refractivity contribution in [1.82, 2.24) is 60.0 Å². The molecule has 5 saturated carbocycles. The summed E-state index contributed by atoms with van der Waals surface area (Å²) >= 11 is 6.41. The predicted octanol–water partition coefficient (Wildman–Crippen LogP) is 5.93. The topological polar surface area (TPSA) is 253 Å². The summed E-state index contributed by atoms with van der Waals surface area (Å²) in [5.41, 5.74) is -1.38. The molecule has 0 aromatic heterocycles. The van der Waals surface area contributed by atoms with E-state index >= 15 is 19.2 Å². The third kappa shape index (κ3) is 19.0. The summed E-state index contributed by atoms with van der Waals surface area (Å²) in [5.74, 6) is -8.40. The first kappa shape index (κ1) is 77.9. The van der Waals surface area contributed by atoms with Gasteiger partial charge >= 0.3 is 6.18 Å². The molecule has 5 aliphatic carbocycles. The van der Waals surface area contributed by atoms with E-state index in [0.29, 0.717) is 64.5 Å². The SMILES string of the molecule is CC[C@H](C)[C@@H]1NC(=O)[C@H](C2CCC2)N(C)C(=O)C[C@@H](C(=O)N2CCCC2)N(C)C[C@H](C2CCCCC2)N(C)C(=O)C2(CCCC2)NC(=O)[C@@H]2CCCN2C(=O)[C@H](CCC2CCC(C(F)(F)F)C(Cl)C2)NC(=O)CN(C)C(=O)[C@H](CC2CCCC2)N(C)C(=O)CN(C)C(=O)CN(C)C1=O. The molecule has 8 rings (SSSR count). The average molecular weight is 1400 g/mol. The van der Waals surface area contributed by atoms with Gasteiger partial charge in [0, 0.05) is 79.9 Å². The number of amides is 11. The Bertz CT molecular complexity index is 2830. The van der Waals surface area contributed by atoms with Crippen molar-refractivity contribution in [2.45, 2.75) is 253 Å². The van der Waals surface area contributed by atoms with E-state index in [4.69, 9.17) is 11.6 Å². The highest BCUT2D eigenvalue weighted by Gasteiger charge is 2.51. The van der Waals surface area contributed by atoms with Crippen LogP contribution in [0.4, 0.5) is 13.2 Å². The van der Waals surface area contributed by atoms with Crippen LogP contribution in [-0.4, -0.2) is 264 Å². The summed E-state index contributed by atoms with van der Waals surface area (Å²) in [6.07, 6.45) is 10.3. The molecule has 23 nitrogen and oxygen atoms in total. The standard InChI is InChI=1S/C71H114ClF3N12O11/c1-10-45(2)61-68(97)82(6)43-59(90)80(4)44-60(91)83(7)55(39-46-22-14-15-23-46)66(95)81(5)42-57(88)76-52(32-30-47-29-31-50(51(72)38-47)71(73,74)75)65(94)87-37-21-28-53(87)63(92)78-70(33-16-17-34-70)69(98)84(8)56(48-24-12-11-13-25-48)41-79(3)54(67(96)86-35-18-19-36-86)40-58(89)85(9)62(64(93)77-61)49-26-20-27-49/h45-56,61-62H,10-44H2,1-9H3,(H,76,88)(H,77,93)(H,78,92)/t45-,47?,50?,51?,52-,53-,54-,55-,56+,61-,62-/m0/s1. The molecule has 27 heteroatoms. The zero-order valence-electron chi connectivity index (χ0n) is 59.9. The number of nitrogens with zero attached hydrogens (tertiary/aromatic N) is 9. The molecule has 8 aliphatic rings. The number of fused-ring (bicyclic) bond motifs is 1. The molecular weight excluding hydrogens is 1290 g/mol. The highest BCUT2D eigenvalue weighted by atomic mass is 35.5. The second kappa shape index (κ2) is 34.7. The fourth-order valence-electron chi connectivity index (χ4n) is 17.1. The summed E-state index contributed by atoms with van der Waals surface area (Å²) < 4.78 is 42.0. The van der Waals surface area contributed by atoms with E-state index in [1.165, 1.54) is 52.7 Å². The molecule has 3 heterocycles.